The number of nitrogens with zero attached hydrogens (tertiary/aromatic N) is 4. The first-order valence-electron chi connectivity index (χ1n) is 4.38. The standard InChI is InChI=1S/C8H11N5S/c1-2-13-8(11-5-12-13)6-4-10-7(3-9)14-6/h4-5H,2-3,9H2,1H3. The van der Waals surface area contributed by atoms with Gasteiger partial charge in [-0.1, -0.05) is 0 Å². The topological polar surface area (TPSA) is 69.6 Å². The van der Waals surface area contributed by atoms with Crippen molar-refractivity contribution in [2.24, 2.45) is 5.73 Å². The lowest BCUT2D eigenvalue weighted by atomic mass is 10.5. The molecule has 0 spiro atoms. The third-order valence-electron chi connectivity index (χ3n) is 1.86. The van der Waals surface area contributed by atoms with Crippen molar-refractivity contribution in [3.63, 3.8) is 0 Å². The molecule has 0 amide bonds. The van der Waals surface area contributed by atoms with Crippen LogP contribution in [-0.2, 0) is 13.1 Å². The van der Waals surface area contributed by atoms with Gasteiger partial charge >= 0.3 is 0 Å². The van der Waals surface area contributed by atoms with Crippen molar-refractivity contribution in [3.05, 3.63) is 17.5 Å². The van der Waals surface area contributed by atoms with Crippen molar-refractivity contribution in [3.8, 4) is 10.7 Å². The molecule has 0 aliphatic heterocycles. The first kappa shape index (κ1) is 9.29. The second-order valence-electron chi connectivity index (χ2n) is 2.72. The summed E-state index contributed by atoms with van der Waals surface area (Å²) in [6.45, 7) is 3.32. The van der Waals surface area contributed by atoms with Crippen LogP contribution < -0.4 is 5.73 Å². The van der Waals surface area contributed by atoms with E-state index in [9.17, 15) is 0 Å². The molecule has 2 aromatic heterocycles. The zero-order chi connectivity index (χ0) is 9.97. The van der Waals surface area contributed by atoms with E-state index in [2.05, 4.69) is 15.1 Å². The predicted molar refractivity (Wildman–Crippen MR) is 54.7 cm³/mol. The Morgan fingerprint density at radius 2 is 2.36 bits per heavy atom. The molecule has 14 heavy (non-hydrogen) atoms. The number of nitrogens with two attached hydrogens (primary N) is 1. The molecule has 0 radical (unpaired) electrons. The monoisotopic (exact) mass is 209 g/mol. The van der Waals surface area contributed by atoms with Crippen molar-refractivity contribution < 1.29 is 0 Å². The maximum absolute atomic E-state index is 5.49. The summed E-state index contributed by atoms with van der Waals surface area (Å²) >= 11 is 1.56. The van der Waals surface area contributed by atoms with Crippen molar-refractivity contribution in [2.75, 3.05) is 0 Å². The van der Waals surface area contributed by atoms with Crippen molar-refractivity contribution >= 4 is 11.3 Å². The van der Waals surface area contributed by atoms with E-state index in [0.717, 1.165) is 22.3 Å². The fourth-order valence-corrected chi connectivity index (χ4v) is 1.99. The molecular formula is C8H11N5S. The van der Waals surface area contributed by atoms with Crippen LogP contribution in [0.3, 0.4) is 0 Å². The number of thiazole rings is 1. The molecule has 0 aliphatic carbocycles. The Hall–Kier alpha value is -1.27. The second kappa shape index (κ2) is 3.85. The van der Waals surface area contributed by atoms with Gasteiger partial charge in [-0.3, -0.25) is 0 Å². The highest BCUT2D eigenvalue weighted by Crippen LogP contribution is 2.23. The number of hydrogen-bond acceptors (Lipinski definition) is 5. The molecule has 0 atom stereocenters. The lowest BCUT2D eigenvalue weighted by Crippen LogP contribution is -1.98. The summed E-state index contributed by atoms with van der Waals surface area (Å²) in [7, 11) is 0. The van der Waals surface area contributed by atoms with E-state index >= 15 is 0 Å². The van der Waals surface area contributed by atoms with E-state index in [-0.39, 0.29) is 0 Å². The van der Waals surface area contributed by atoms with Crippen molar-refractivity contribution in [1.29, 1.82) is 0 Å². The molecule has 0 unspecified atom stereocenters. The molecule has 2 aromatic rings. The summed E-state index contributed by atoms with van der Waals surface area (Å²) in [5.41, 5.74) is 5.49. The molecule has 0 fully saturated rings. The summed E-state index contributed by atoms with van der Waals surface area (Å²) in [4.78, 5) is 9.38. The van der Waals surface area contributed by atoms with Crippen LogP contribution in [0.1, 0.15) is 11.9 Å². The van der Waals surface area contributed by atoms with Crippen LogP contribution in [0.25, 0.3) is 10.7 Å². The molecule has 0 aromatic carbocycles. The minimum atomic E-state index is 0.477. The van der Waals surface area contributed by atoms with Gasteiger partial charge in [0.05, 0.1) is 4.88 Å². The minimum Gasteiger partial charge on any atom is -0.325 e. The van der Waals surface area contributed by atoms with Gasteiger partial charge in [0.2, 0.25) is 0 Å². The number of aromatic nitrogens is 4. The van der Waals surface area contributed by atoms with Gasteiger partial charge in [-0.2, -0.15) is 5.10 Å². The summed E-state index contributed by atoms with van der Waals surface area (Å²) < 4.78 is 1.84. The molecule has 0 saturated carbocycles. The molecule has 0 bridgehead atoms. The van der Waals surface area contributed by atoms with E-state index in [4.69, 9.17) is 5.73 Å². The van der Waals surface area contributed by atoms with Crippen LogP contribution in [-0.4, -0.2) is 19.7 Å². The highest BCUT2D eigenvalue weighted by Gasteiger charge is 2.09. The van der Waals surface area contributed by atoms with Gasteiger partial charge in [0.15, 0.2) is 5.82 Å². The summed E-state index contributed by atoms with van der Waals surface area (Å²) in [6.07, 6.45) is 3.35. The molecule has 2 heterocycles. The SMILES string of the molecule is CCn1ncnc1-c1cnc(CN)s1. The summed E-state index contributed by atoms with van der Waals surface area (Å²) in [5.74, 6) is 0.865. The maximum atomic E-state index is 5.49. The van der Waals surface area contributed by atoms with Crippen LogP contribution in [0.4, 0.5) is 0 Å². The van der Waals surface area contributed by atoms with Crippen LogP contribution in [0.5, 0.6) is 0 Å². The number of rotatable bonds is 3. The van der Waals surface area contributed by atoms with Crippen LogP contribution in [0.15, 0.2) is 12.5 Å². The molecule has 0 saturated heterocycles. The fraction of sp³-hybridized carbons (Fsp3) is 0.375. The van der Waals surface area contributed by atoms with E-state index < -0.39 is 0 Å². The van der Waals surface area contributed by atoms with Gasteiger partial charge in [0, 0.05) is 19.3 Å². The third-order valence-corrected chi connectivity index (χ3v) is 2.88. The van der Waals surface area contributed by atoms with Gasteiger partial charge in [0.1, 0.15) is 11.3 Å². The molecule has 0 aliphatic rings. The lowest BCUT2D eigenvalue weighted by molar-refractivity contribution is 0.666. The Labute approximate surface area is 85.6 Å². The Morgan fingerprint density at radius 3 is 3.00 bits per heavy atom. The Morgan fingerprint density at radius 1 is 1.50 bits per heavy atom. The highest BCUT2D eigenvalue weighted by atomic mass is 32.1. The van der Waals surface area contributed by atoms with E-state index in [1.807, 2.05) is 11.6 Å². The average Bonchev–Trinajstić information content (AvgIpc) is 2.85. The number of aryl methyl sites for hydroxylation is 1. The Balaban J connectivity index is 2.38. The molecule has 5 nitrogen and oxygen atoms in total. The maximum Gasteiger partial charge on any atom is 0.169 e. The molecule has 6 heteroatoms. The normalized spacial score (nSPS) is 10.7. The van der Waals surface area contributed by atoms with Crippen LogP contribution in [0.2, 0.25) is 0 Å². The van der Waals surface area contributed by atoms with Crippen molar-refractivity contribution in [2.45, 2.75) is 20.0 Å². The number of hydrogen-bond donors (Lipinski definition) is 1. The summed E-state index contributed by atoms with van der Waals surface area (Å²) in [6, 6.07) is 0. The van der Waals surface area contributed by atoms with Gasteiger partial charge < -0.3 is 5.73 Å². The first-order chi connectivity index (χ1) is 6.85. The average molecular weight is 209 g/mol. The van der Waals surface area contributed by atoms with Crippen LogP contribution >= 0.6 is 11.3 Å². The molecule has 74 valence electrons. The van der Waals surface area contributed by atoms with E-state index in [1.54, 1.807) is 23.9 Å². The Kier molecular flexibility index (Phi) is 2.55. The largest absolute Gasteiger partial charge is 0.325 e. The third kappa shape index (κ3) is 1.53. The quantitative estimate of drug-likeness (QED) is 0.814. The lowest BCUT2D eigenvalue weighted by Gasteiger charge is -1.97. The van der Waals surface area contributed by atoms with Gasteiger partial charge in [-0.15, -0.1) is 11.3 Å². The van der Waals surface area contributed by atoms with Crippen molar-refractivity contribution in [1.82, 2.24) is 19.7 Å². The Bertz CT molecular complexity index is 419. The van der Waals surface area contributed by atoms with E-state index in [1.165, 1.54) is 0 Å². The fourth-order valence-electron chi connectivity index (χ4n) is 1.19. The minimum absolute atomic E-state index is 0.477. The van der Waals surface area contributed by atoms with Gasteiger partial charge in [-0.25, -0.2) is 14.6 Å². The van der Waals surface area contributed by atoms with Gasteiger partial charge in [0.25, 0.3) is 0 Å². The second-order valence-corrected chi connectivity index (χ2v) is 3.84. The smallest absolute Gasteiger partial charge is 0.169 e. The van der Waals surface area contributed by atoms with E-state index in [0.29, 0.717) is 6.54 Å². The summed E-state index contributed by atoms with van der Waals surface area (Å²) in [5, 5.41) is 5.02. The first-order valence-corrected chi connectivity index (χ1v) is 5.19. The highest BCUT2D eigenvalue weighted by molar-refractivity contribution is 7.15. The zero-order valence-electron chi connectivity index (χ0n) is 7.84. The molecule has 2 rings (SSSR count). The zero-order valence-corrected chi connectivity index (χ0v) is 8.66. The molecular weight excluding hydrogens is 198 g/mol. The van der Waals surface area contributed by atoms with Gasteiger partial charge in [-0.05, 0) is 6.92 Å². The predicted octanol–water partition coefficient (Wildman–Crippen LogP) is 0.880. The molecule has 2 N–H and O–H groups in total. The van der Waals surface area contributed by atoms with Crippen LogP contribution in [0, 0.1) is 0 Å².